The summed E-state index contributed by atoms with van der Waals surface area (Å²) in [6.45, 7) is -5.49. The molecular formula is C8H4BF3NO-. The Morgan fingerprint density at radius 1 is 1.21 bits per heavy atom. The summed E-state index contributed by atoms with van der Waals surface area (Å²) >= 11 is 0. The topological polar surface area (TPSA) is 40.9 Å². The van der Waals surface area contributed by atoms with Crippen LogP contribution in [-0.2, 0) is 0 Å². The number of benzene rings is 1. The van der Waals surface area contributed by atoms with E-state index in [2.05, 4.69) is 0 Å². The summed E-state index contributed by atoms with van der Waals surface area (Å²) in [5, 5.41) is 8.37. The van der Waals surface area contributed by atoms with E-state index in [1.165, 1.54) is 12.1 Å². The average Bonchev–Trinajstić information content (AvgIpc) is 2.15. The van der Waals surface area contributed by atoms with Crippen LogP contribution in [0, 0.1) is 11.3 Å². The molecule has 0 aliphatic carbocycles. The first-order chi connectivity index (χ1) is 6.45. The SMILES string of the molecule is N#Cc1ccc(C(=O)[B-](F)(F)F)cc1. The fourth-order valence-corrected chi connectivity index (χ4v) is 0.898. The first-order valence-corrected chi connectivity index (χ1v) is 3.69. The standard InChI is InChI=1S/C8H4BF3NO/c10-9(11,12)8(14)7-3-1-6(5-13)2-4-7/h1-4H/q-1. The molecule has 1 aromatic carbocycles. The summed E-state index contributed by atoms with van der Waals surface area (Å²) < 4.78 is 35.9. The molecule has 14 heavy (non-hydrogen) atoms. The lowest BCUT2D eigenvalue weighted by molar-refractivity contribution is 0.102. The molecule has 0 atom stereocenters. The highest BCUT2D eigenvalue weighted by Crippen LogP contribution is 2.16. The van der Waals surface area contributed by atoms with Crippen molar-refractivity contribution in [2.75, 3.05) is 0 Å². The van der Waals surface area contributed by atoms with E-state index in [0.29, 0.717) is 0 Å². The maximum Gasteiger partial charge on any atom is 0.549 e. The van der Waals surface area contributed by atoms with Crippen molar-refractivity contribution in [3.63, 3.8) is 0 Å². The van der Waals surface area contributed by atoms with E-state index in [-0.39, 0.29) is 5.56 Å². The molecule has 6 heteroatoms. The predicted octanol–water partition coefficient (Wildman–Crippen LogP) is 2.13. The predicted molar refractivity (Wildman–Crippen MR) is 44.6 cm³/mol. The van der Waals surface area contributed by atoms with E-state index < -0.39 is 18.2 Å². The number of carbonyl (C=O) groups is 1. The van der Waals surface area contributed by atoms with Gasteiger partial charge >= 0.3 is 6.98 Å². The summed E-state index contributed by atoms with van der Waals surface area (Å²) in [4.78, 5) is 10.7. The van der Waals surface area contributed by atoms with Crippen molar-refractivity contribution in [3.05, 3.63) is 35.4 Å². The molecule has 72 valence electrons. The molecule has 0 bridgehead atoms. The van der Waals surface area contributed by atoms with Crippen LogP contribution < -0.4 is 0 Å². The highest BCUT2D eigenvalue weighted by Gasteiger charge is 2.33. The summed E-state index contributed by atoms with van der Waals surface area (Å²) in [7, 11) is 0. The van der Waals surface area contributed by atoms with E-state index in [1.54, 1.807) is 6.07 Å². The molecule has 0 aromatic heterocycles. The molecule has 0 saturated carbocycles. The number of carbonyl (C=O) groups excluding carboxylic acids is 1. The first-order valence-electron chi connectivity index (χ1n) is 3.69. The van der Waals surface area contributed by atoms with Crippen molar-refractivity contribution >= 4 is 12.7 Å². The van der Waals surface area contributed by atoms with Gasteiger partial charge in [0.15, 0.2) is 0 Å². The molecule has 1 aromatic rings. The highest BCUT2D eigenvalue weighted by molar-refractivity contribution is 6.93. The van der Waals surface area contributed by atoms with Gasteiger partial charge in [0.2, 0.25) is 0 Å². The van der Waals surface area contributed by atoms with E-state index in [9.17, 15) is 17.7 Å². The largest absolute Gasteiger partial charge is 0.549 e. The molecule has 0 heterocycles. The molecule has 1 rings (SSSR count). The second-order valence-electron chi connectivity index (χ2n) is 2.63. The second-order valence-corrected chi connectivity index (χ2v) is 2.63. The van der Waals surface area contributed by atoms with Crippen LogP contribution in [0.1, 0.15) is 15.9 Å². The molecular weight excluding hydrogens is 194 g/mol. The van der Waals surface area contributed by atoms with E-state index >= 15 is 0 Å². The van der Waals surface area contributed by atoms with Crippen molar-refractivity contribution in [3.8, 4) is 6.07 Å². The molecule has 0 N–H and O–H groups in total. The van der Waals surface area contributed by atoms with Gasteiger partial charge in [0.25, 0.3) is 0 Å². The molecule has 0 radical (unpaired) electrons. The zero-order valence-corrected chi connectivity index (χ0v) is 6.88. The minimum Gasteiger partial charge on any atom is -0.443 e. The molecule has 0 amide bonds. The Morgan fingerprint density at radius 2 is 1.71 bits per heavy atom. The third-order valence-corrected chi connectivity index (χ3v) is 1.60. The van der Waals surface area contributed by atoms with Gasteiger partial charge in [0.1, 0.15) is 5.68 Å². The van der Waals surface area contributed by atoms with E-state index in [0.717, 1.165) is 12.1 Å². The third kappa shape index (κ3) is 2.13. The van der Waals surface area contributed by atoms with Crippen LogP contribution in [0.4, 0.5) is 12.9 Å². The summed E-state index contributed by atoms with van der Waals surface area (Å²) in [5.41, 5.74) is -2.05. The fraction of sp³-hybridized carbons (Fsp3) is 0. The van der Waals surface area contributed by atoms with E-state index in [1.807, 2.05) is 0 Å². The number of rotatable bonds is 2. The van der Waals surface area contributed by atoms with Crippen LogP contribution in [0.25, 0.3) is 0 Å². The summed E-state index contributed by atoms with van der Waals surface area (Å²) in [6.07, 6.45) is 0. The smallest absolute Gasteiger partial charge is 0.443 e. The molecule has 0 fully saturated rings. The summed E-state index contributed by atoms with van der Waals surface area (Å²) in [6, 6.07) is 6.09. The molecule has 0 aliphatic rings. The van der Waals surface area contributed by atoms with Crippen LogP contribution >= 0.6 is 0 Å². The number of nitrogens with zero attached hydrogens (tertiary/aromatic N) is 1. The highest BCUT2D eigenvalue weighted by atomic mass is 19.4. The number of nitriles is 1. The first kappa shape index (κ1) is 10.3. The number of hydrogen-bond acceptors (Lipinski definition) is 2. The van der Waals surface area contributed by atoms with Gasteiger partial charge in [0.05, 0.1) is 11.6 Å². The number of halogens is 3. The average molecular weight is 198 g/mol. The van der Waals surface area contributed by atoms with Gasteiger partial charge in [-0.05, 0) is 17.7 Å². The van der Waals surface area contributed by atoms with Gasteiger partial charge in [-0.25, -0.2) is 0 Å². The van der Waals surface area contributed by atoms with Crippen molar-refractivity contribution in [2.24, 2.45) is 0 Å². The Morgan fingerprint density at radius 3 is 2.07 bits per heavy atom. The summed E-state index contributed by atoms with van der Waals surface area (Å²) in [5.74, 6) is 0. The van der Waals surface area contributed by atoms with Crippen LogP contribution in [-0.4, -0.2) is 12.7 Å². The van der Waals surface area contributed by atoms with Gasteiger partial charge in [-0.2, -0.15) is 5.26 Å². The zero-order chi connectivity index (χ0) is 10.8. The Balaban J connectivity index is 3.00. The molecule has 0 spiro atoms. The van der Waals surface area contributed by atoms with Crippen molar-refractivity contribution < 1.29 is 17.7 Å². The maximum atomic E-state index is 12.0. The van der Waals surface area contributed by atoms with Gasteiger partial charge in [-0.1, -0.05) is 12.1 Å². The Kier molecular flexibility index (Phi) is 2.61. The molecule has 0 unspecified atom stereocenters. The molecule has 2 nitrogen and oxygen atoms in total. The van der Waals surface area contributed by atoms with Crippen molar-refractivity contribution in [1.29, 1.82) is 5.26 Å². The van der Waals surface area contributed by atoms with Gasteiger partial charge < -0.3 is 17.7 Å². The maximum absolute atomic E-state index is 12.0. The Labute approximate surface area is 78.0 Å². The zero-order valence-electron chi connectivity index (χ0n) is 6.88. The lowest BCUT2D eigenvalue weighted by Crippen LogP contribution is -2.29. The molecule has 0 saturated heterocycles. The van der Waals surface area contributed by atoms with Gasteiger partial charge in [-0.15, -0.1) is 0 Å². The van der Waals surface area contributed by atoms with Crippen LogP contribution in [0.2, 0.25) is 0 Å². The Hall–Kier alpha value is -1.77. The van der Waals surface area contributed by atoms with Crippen LogP contribution in [0.5, 0.6) is 0 Å². The number of hydrogen-bond donors (Lipinski definition) is 0. The monoisotopic (exact) mass is 198 g/mol. The van der Waals surface area contributed by atoms with Crippen molar-refractivity contribution in [1.82, 2.24) is 0 Å². The van der Waals surface area contributed by atoms with Gasteiger partial charge in [-0.3, -0.25) is 0 Å². The lowest BCUT2D eigenvalue weighted by Gasteiger charge is -2.12. The van der Waals surface area contributed by atoms with Crippen molar-refractivity contribution in [2.45, 2.75) is 0 Å². The minimum absolute atomic E-state index is 0.219. The van der Waals surface area contributed by atoms with E-state index in [4.69, 9.17) is 5.26 Å². The molecule has 0 aliphatic heterocycles. The second kappa shape index (κ2) is 3.54. The normalized spacial score (nSPS) is 10.7. The fourth-order valence-electron chi connectivity index (χ4n) is 0.898. The van der Waals surface area contributed by atoms with Crippen LogP contribution in [0.15, 0.2) is 24.3 Å². The third-order valence-electron chi connectivity index (χ3n) is 1.60. The Bertz CT molecular complexity index is 391. The lowest BCUT2D eigenvalue weighted by atomic mass is 9.80. The van der Waals surface area contributed by atoms with Gasteiger partial charge in [0, 0.05) is 0 Å². The van der Waals surface area contributed by atoms with Crippen LogP contribution in [0.3, 0.4) is 0 Å². The quantitative estimate of drug-likeness (QED) is 0.682. The minimum atomic E-state index is -5.49.